The molecule has 0 bridgehead atoms. The van der Waals surface area contributed by atoms with Crippen molar-refractivity contribution in [3.63, 3.8) is 0 Å². The molecular weight excluding hydrogens is 246 g/mol. The average molecular weight is 269 g/mol. The summed E-state index contributed by atoms with van der Waals surface area (Å²) in [5.41, 5.74) is 0.0402. The highest BCUT2D eigenvalue weighted by Gasteiger charge is 2.44. The van der Waals surface area contributed by atoms with Crippen LogP contribution < -0.4 is 5.32 Å². The molecule has 0 aromatic rings. The molecule has 0 aliphatic carbocycles. The number of thioether (sulfide) groups is 1. The molecule has 0 radical (unpaired) electrons. The Bertz CT molecular complexity index is 328. The molecule has 1 spiro atoms. The molecule has 3 nitrogen and oxygen atoms in total. The third-order valence-corrected chi connectivity index (χ3v) is 6.07. The SMILES string of the molecule is CC1CNCC1C(=O)C1CCOC2(CCSC2)C1. The van der Waals surface area contributed by atoms with E-state index in [0.717, 1.165) is 44.7 Å². The smallest absolute Gasteiger partial charge is 0.140 e. The molecule has 0 amide bonds. The molecule has 18 heavy (non-hydrogen) atoms. The van der Waals surface area contributed by atoms with Crippen LogP contribution in [0.15, 0.2) is 0 Å². The van der Waals surface area contributed by atoms with Gasteiger partial charge in [0.1, 0.15) is 5.78 Å². The zero-order chi connectivity index (χ0) is 12.6. The summed E-state index contributed by atoms with van der Waals surface area (Å²) >= 11 is 1.98. The molecule has 3 saturated heterocycles. The molecule has 0 aromatic carbocycles. The lowest BCUT2D eigenvalue weighted by Crippen LogP contribution is -2.44. The molecule has 3 fully saturated rings. The maximum absolute atomic E-state index is 12.6. The summed E-state index contributed by atoms with van der Waals surface area (Å²) in [4.78, 5) is 12.6. The number of ketones is 1. The minimum absolute atomic E-state index is 0.0402. The van der Waals surface area contributed by atoms with Crippen molar-refractivity contribution < 1.29 is 9.53 Å². The normalized spacial score (nSPS) is 44.6. The van der Waals surface area contributed by atoms with Gasteiger partial charge in [0.2, 0.25) is 0 Å². The Morgan fingerprint density at radius 1 is 1.44 bits per heavy atom. The van der Waals surface area contributed by atoms with Crippen LogP contribution >= 0.6 is 11.8 Å². The van der Waals surface area contributed by atoms with Crippen LogP contribution in [0.2, 0.25) is 0 Å². The van der Waals surface area contributed by atoms with E-state index in [1.54, 1.807) is 0 Å². The van der Waals surface area contributed by atoms with Gasteiger partial charge in [0.25, 0.3) is 0 Å². The Balaban J connectivity index is 1.66. The third-order valence-electron chi connectivity index (χ3n) is 4.85. The predicted molar refractivity (Wildman–Crippen MR) is 73.9 cm³/mol. The van der Waals surface area contributed by atoms with Crippen molar-refractivity contribution >= 4 is 17.5 Å². The summed E-state index contributed by atoms with van der Waals surface area (Å²) < 4.78 is 6.01. The lowest BCUT2D eigenvalue weighted by Gasteiger charge is -2.38. The van der Waals surface area contributed by atoms with Gasteiger partial charge in [0, 0.05) is 30.7 Å². The molecule has 1 N–H and O–H groups in total. The standard InChI is InChI=1S/C14H23NO2S/c1-10-7-15-8-12(10)13(16)11-2-4-17-14(6-11)3-5-18-9-14/h10-12,15H,2-9H2,1H3. The first-order valence-corrected chi connectivity index (χ1v) is 8.32. The van der Waals surface area contributed by atoms with Crippen LogP contribution in [0.3, 0.4) is 0 Å². The Hall–Kier alpha value is -0.0600. The van der Waals surface area contributed by atoms with E-state index in [1.807, 2.05) is 11.8 Å². The van der Waals surface area contributed by atoms with Crippen molar-refractivity contribution in [2.45, 2.75) is 31.8 Å². The lowest BCUT2D eigenvalue weighted by atomic mass is 9.77. The van der Waals surface area contributed by atoms with E-state index in [2.05, 4.69) is 12.2 Å². The molecule has 3 aliphatic rings. The summed E-state index contributed by atoms with van der Waals surface area (Å²) in [6.45, 7) is 4.87. The summed E-state index contributed by atoms with van der Waals surface area (Å²) in [5.74, 6) is 3.81. The molecule has 3 rings (SSSR count). The van der Waals surface area contributed by atoms with Gasteiger partial charge in [-0.15, -0.1) is 0 Å². The van der Waals surface area contributed by atoms with Gasteiger partial charge < -0.3 is 10.1 Å². The van der Waals surface area contributed by atoms with Gasteiger partial charge in [-0.3, -0.25) is 4.79 Å². The van der Waals surface area contributed by atoms with Crippen molar-refractivity contribution in [3.8, 4) is 0 Å². The second-order valence-electron chi connectivity index (χ2n) is 6.17. The van der Waals surface area contributed by atoms with Gasteiger partial charge in [0.05, 0.1) is 5.60 Å². The van der Waals surface area contributed by atoms with Crippen molar-refractivity contribution in [2.24, 2.45) is 17.8 Å². The first kappa shape index (κ1) is 12.9. The molecule has 3 heterocycles. The molecular formula is C14H23NO2S. The van der Waals surface area contributed by atoms with Gasteiger partial charge >= 0.3 is 0 Å². The van der Waals surface area contributed by atoms with Crippen molar-refractivity contribution in [3.05, 3.63) is 0 Å². The zero-order valence-corrected chi connectivity index (χ0v) is 11.9. The van der Waals surface area contributed by atoms with Gasteiger partial charge in [-0.1, -0.05) is 6.92 Å². The van der Waals surface area contributed by atoms with Crippen LogP contribution in [0.1, 0.15) is 26.2 Å². The minimum Gasteiger partial charge on any atom is -0.374 e. The topological polar surface area (TPSA) is 38.3 Å². The van der Waals surface area contributed by atoms with Crippen LogP contribution in [0, 0.1) is 17.8 Å². The first-order valence-electron chi connectivity index (χ1n) is 7.16. The van der Waals surface area contributed by atoms with Gasteiger partial charge in [-0.05, 0) is 37.5 Å². The second-order valence-corrected chi connectivity index (χ2v) is 7.27. The Morgan fingerprint density at radius 2 is 2.33 bits per heavy atom. The highest BCUT2D eigenvalue weighted by molar-refractivity contribution is 7.99. The van der Waals surface area contributed by atoms with Crippen molar-refractivity contribution in [1.29, 1.82) is 0 Å². The van der Waals surface area contributed by atoms with Crippen LogP contribution in [-0.4, -0.2) is 42.6 Å². The summed E-state index contributed by atoms with van der Waals surface area (Å²) in [7, 11) is 0. The van der Waals surface area contributed by atoms with Crippen molar-refractivity contribution in [2.75, 3.05) is 31.2 Å². The Labute approximate surface area is 113 Å². The minimum atomic E-state index is 0.0402. The molecule has 4 unspecified atom stereocenters. The fourth-order valence-corrected chi connectivity index (χ4v) is 5.01. The summed E-state index contributed by atoms with van der Waals surface area (Å²) in [5, 5.41) is 3.35. The number of carbonyl (C=O) groups is 1. The third kappa shape index (κ3) is 2.35. The van der Waals surface area contributed by atoms with E-state index in [-0.39, 0.29) is 17.4 Å². The van der Waals surface area contributed by atoms with Crippen LogP contribution in [0.25, 0.3) is 0 Å². The average Bonchev–Trinajstić information content (AvgIpc) is 2.98. The second kappa shape index (κ2) is 5.14. The molecule has 4 heteroatoms. The fraction of sp³-hybridized carbons (Fsp3) is 0.929. The fourth-order valence-electron chi connectivity index (χ4n) is 3.63. The van der Waals surface area contributed by atoms with Gasteiger partial charge in [-0.2, -0.15) is 11.8 Å². The van der Waals surface area contributed by atoms with E-state index in [9.17, 15) is 4.79 Å². The zero-order valence-electron chi connectivity index (χ0n) is 11.1. The van der Waals surface area contributed by atoms with Gasteiger partial charge in [0.15, 0.2) is 0 Å². The summed E-state index contributed by atoms with van der Waals surface area (Å²) in [6, 6.07) is 0. The maximum atomic E-state index is 12.6. The Morgan fingerprint density at radius 3 is 3.00 bits per heavy atom. The highest BCUT2D eigenvalue weighted by atomic mass is 32.2. The molecule has 3 aliphatic heterocycles. The Kier molecular flexibility index (Phi) is 3.70. The highest BCUT2D eigenvalue weighted by Crippen LogP contribution is 2.41. The number of ether oxygens (including phenoxy) is 1. The quantitative estimate of drug-likeness (QED) is 0.828. The number of hydrogen-bond donors (Lipinski definition) is 1. The maximum Gasteiger partial charge on any atom is 0.140 e. The van der Waals surface area contributed by atoms with Gasteiger partial charge in [-0.25, -0.2) is 0 Å². The van der Waals surface area contributed by atoms with E-state index in [1.165, 1.54) is 5.75 Å². The van der Waals surface area contributed by atoms with E-state index < -0.39 is 0 Å². The number of Topliss-reactive ketones (excluding diaryl/α,β-unsaturated/α-hetero) is 1. The van der Waals surface area contributed by atoms with E-state index in [4.69, 9.17) is 4.74 Å². The molecule has 0 saturated carbocycles. The molecule has 0 aromatic heterocycles. The van der Waals surface area contributed by atoms with E-state index in [0.29, 0.717) is 11.7 Å². The predicted octanol–water partition coefficient (Wildman–Crippen LogP) is 1.71. The number of nitrogens with one attached hydrogen (secondary N) is 1. The lowest BCUT2D eigenvalue weighted by molar-refractivity contribution is -0.138. The largest absolute Gasteiger partial charge is 0.374 e. The van der Waals surface area contributed by atoms with Crippen LogP contribution in [-0.2, 0) is 9.53 Å². The van der Waals surface area contributed by atoms with Crippen LogP contribution in [0.5, 0.6) is 0 Å². The number of hydrogen-bond acceptors (Lipinski definition) is 4. The molecule has 102 valence electrons. The van der Waals surface area contributed by atoms with E-state index >= 15 is 0 Å². The molecule has 4 atom stereocenters. The number of carbonyl (C=O) groups excluding carboxylic acids is 1. The first-order chi connectivity index (χ1) is 8.70. The summed E-state index contributed by atoms with van der Waals surface area (Å²) in [6.07, 6.45) is 3.05. The van der Waals surface area contributed by atoms with Crippen molar-refractivity contribution in [1.82, 2.24) is 5.32 Å². The monoisotopic (exact) mass is 269 g/mol. The number of rotatable bonds is 2. The van der Waals surface area contributed by atoms with Crippen LogP contribution in [0.4, 0.5) is 0 Å².